The quantitative estimate of drug-likeness (QED) is 0.732. The zero-order chi connectivity index (χ0) is 22.2. The number of amidine groups is 1. The summed E-state index contributed by atoms with van der Waals surface area (Å²) in [7, 11) is -2.34. The number of benzene rings is 2. The summed E-state index contributed by atoms with van der Waals surface area (Å²) in [5.41, 5.74) is 1.39. The van der Waals surface area contributed by atoms with E-state index in [1.54, 1.807) is 13.2 Å². The molecule has 2 aliphatic rings. The van der Waals surface area contributed by atoms with Crippen molar-refractivity contribution < 1.29 is 17.9 Å². The van der Waals surface area contributed by atoms with E-state index in [4.69, 9.17) is 16.3 Å². The molecule has 0 saturated carbocycles. The van der Waals surface area contributed by atoms with E-state index < -0.39 is 15.9 Å². The molecular weight excluding hydrogens is 438 g/mol. The average Bonchev–Trinajstić information content (AvgIpc) is 2.98. The molecule has 31 heavy (non-hydrogen) atoms. The molecule has 0 radical (unpaired) electrons. The van der Waals surface area contributed by atoms with Crippen molar-refractivity contribution >= 4 is 39.1 Å². The maximum Gasteiger partial charge on any atom is 0.286 e. The second-order valence-electron chi connectivity index (χ2n) is 7.68. The Morgan fingerprint density at radius 3 is 2.77 bits per heavy atom. The van der Waals surface area contributed by atoms with Crippen molar-refractivity contribution in [2.24, 2.45) is 4.40 Å². The second kappa shape index (κ2) is 8.51. The molecule has 0 aromatic heterocycles. The molecule has 0 spiro atoms. The third kappa shape index (κ3) is 4.14. The predicted molar refractivity (Wildman–Crippen MR) is 121 cm³/mol. The highest BCUT2D eigenvalue weighted by molar-refractivity contribution is 7.90. The third-order valence-electron chi connectivity index (χ3n) is 5.63. The minimum absolute atomic E-state index is 0.0117. The van der Waals surface area contributed by atoms with Crippen LogP contribution in [0, 0.1) is 0 Å². The highest BCUT2D eigenvalue weighted by Gasteiger charge is 2.33. The summed E-state index contributed by atoms with van der Waals surface area (Å²) in [5, 5.41) is 3.08. The number of carbonyl (C=O) groups excluding carboxylic acids is 1. The molecule has 1 fully saturated rings. The smallest absolute Gasteiger partial charge is 0.286 e. The first-order valence-electron chi connectivity index (χ1n) is 10.2. The Balaban J connectivity index is 1.68. The topological polar surface area (TPSA) is 88.1 Å². The SMILES string of the molecule is COc1ccccc1[C@@H](C)NC(=O)c1cc2c(cc1Cl)N1CCCCCC1=NS2(=O)=O. The Bertz CT molecular complexity index is 1160. The number of nitrogens with zero attached hydrogens (tertiary/aromatic N) is 2. The molecule has 2 aromatic rings. The van der Waals surface area contributed by atoms with Crippen molar-refractivity contribution in [1.29, 1.82) is 0 Å². The third-order valence-corrected chi connectivity index (χ3v) is 7.28. The van der Waals surface area contributed by atoms with E-state index in [9.17, 15) is 13.2 Å². The van der Waals surface area contributed by atoms with Crippen LogP contribution < -0.4 is 15.0 Å². The van der Waals surface area contributed by atoms with Crippen LogP contribution in [-0.2, 0) is 10.0 Å². The molecular formula is C22H24ClN3O4S. The zero-order valence-corrected chi connectivity index (χ0v) is 19.0. The summed E-state index contributed by atoms with van der Waals surface area (Å²) in [6, 6.07) is 9.91. The maximum absolute atomic E-state index is 13.0. The Morgan fingerprint density at radius 2 is 2.00 bits per heavy atom. The number of nitrogens with one attached hydrogen (secondary N) is 1. The van der Waals surface area contributed by atoms with Gasteiger partial charge in [-0.1, -0.05) is 36.2 Å². The van der Waals surface area contributed by atoms with Gasteiger partial charge in [0.25, 0.3) is 15.9 Å². The lowest BCUT2D eigenvalue weighted by Gasteiger charge is -2.30. The van der Waals surface area contributed by atoms with E-state index in [1.807, 2.05) is 36.1 Å². The molecule has 2 aromatic carbocycles. The molecule has 1 saturated heterocycles. The van der Waals surface area contributed by atoms with Crippen LogP contribution in [0.25, 0.3) is 0 Å². The van der Waals surface area contributed by atoms with Crippen LogP contribution in [0.15, 0.2) is 45.7 Å². The molecule has 4 rings (SSSR count). The van der Waals surface area contributed by atoms with Crippen LogP contribution in [0.3, 0.4) is 0 Å². The summed E-state index contributed by atoms with van der Waals surface area (Å²) in [5.74, 6) is 0.729. The Hall–Kier alpha value is -2.58. The zero-order valence-electron chi connectivity index (χ0n) is 17.4. The fourth-order valence-electron chi connectivity index (χ4n) is 4.05. The Labute approximate surface area is 187 Å². The molecule has 0 bridgehead atoms. The van der Waals surface area contributed by atoms with E-state index in [1.165, 1.54) is 6.07 Å². The monoisotopic (exact) mass is 461 g/mol. The number of ether oxygens (including phenoxy) is 1. The summed E-state index contributed by atoms with van der Waals surface area (Å²) in [6.45, 7) is 2.50. The van der Waals surface area contributed by atoms with Gasteiger partial charge in [0.15, 0.2) is 0 Å². The van der Waals surface area contributed by atoms with E-state index >= 15 is 0 Å². The summed E-state index contributed by atoms with van der Waals surface area (Å²) in [4.78, 5) is 14.9. The minimum Gasteiger partial charge on any atom is -0.496 e. The van der Waals surface area contributed by atoms with Gasteiger partial charge in [-0.25, -0.2) is 0 Å². The van der Waals surface area contributed by atoms with Crippen molar-refractivity contribution in [3.63, 3.8) is 0 Å². The summed E-state index contributed by atoms with van der Waals surface area (Å²) in [6.07, 6.45) is 3.46. The van der Waals surface area contributed by atoms with E-state index in [2.05, 4.69) is 9.71 Å². The summed E-state index contributed by atoms with van der Waals surface area (Å²) >= 11 is 6.46. The average molecular weight is 462 g/mol. The van der Waals surface area contributed by atoms with E-state index in [0.717, 1.165) is 24.8 Å². The lowest BCUT2D eigenvalue weighted by atomic mass is 10.1. The van der Waals surface area contributed by atoms with Crippen molar-refractivity contribution in [1.82, 2.24) is 5.32 Å². The minimum atomic E-state index is -3.91. The van der Waals surface area contributed by atoms with Crippen LogP contribution in [0.4, 0.5) is 5.69 Å². The number of amides is 1. The lowest BCUT2D eigenvalue weighted by Crippen LogP contribution is -2.35. The number of hydrogen-bond donors (Lipinski definition) is 1. The van der Waals surface area contributed by atoms with Gasteiger partial charge in [-0.15, -0.1) is 4.40 Å². The number of methoxy groups -OCH3 is 1. The molecule has 1 N–H and O–H groups in total. The van der Waals surface area contributed by atoms with Gasteiger partial charge >= 0.3 is 0 Å². The number of anilines is 1. The van der Waals surface area contributed by atoms with Gasteiger partial charge in [0.1, 0.15) is 16.5 Å². The Kier molecular flexibility index (Phi) is 5.94. The molecule has 0 aliphatic carbocycles. The van der Waals surface area contributed by atoms with E-state index in [0.29, 0.717) is 30.2 Å². The lowest BCUT2D eigenvalue weighted by molar-refractivity contribution is 0.0939. The first-order valence-corrected chi connectivity index (χ1v) is 12.0. The molecule has 7 nitrogen and oxygen atoms in total. The fourth-order valence-corrected chi connectivity index (χ4v) is 5.56. The maximum atomic E-state index is 13.0. The Morgan fingerprint density at radius 1 is 1.23 bits per heavy atom. The van der Waals surface area contributed by atoms with Crippen LogP contribution in [-0.4, -0.2) is 33.8 Å². The summed E-state index contributed by atoms with van der Waals surface area (Å²) < 4.78 is 35.1. The molecule has 2 heterocycles. The van der Waals surface area contributed by atoms with Gasteiger partial charge in [0.2, 0.25) is 0 Å². The van der Waals surface area contributed by atoms with Gasteiger partial charge in [-0.2, -0.15) is 8.42 Å². The number of hydrogen-bond acceptors (Lipinski definition) is 5. The number of para-hydroxylation sites is 1. The van der Waals surface area contributed by atoms with Crippen LogP contribution >= 0.6 is 11.6 Å². The van der Waals surface area contributed by atoms with Crippen molar-refractivity contribution in [3.8, 4) is 5.75 Å². The largest absolute Gasteiger partial charge is 0.496 e. The molecule has 9 heteroatoms. The van der Waals surface area contributed by atoms with Crippen LogP contribution in [0.5, 0.6) is 5.75 Å². The molecule has 2 aliphatic heterocycles. The number of fused-ring (bicyclic) bond motifs is 3. The molecule has 164 valence electrons. The van der Waals surface area contributed by atoms with Gasteiger partial charge in [-0.3, -0.25) is 4.79 Å². The highest BCUT2D eigenvalue weighted by atomic mass is 35.5. The molecule has 1 atom stereocenters. The first kappa shape index (κ1) is 21.6. The van der Waals surface area contributed by atoms with Gasteiger partial charge < -0.3 is 15.0 Å². The fraction of sp³-hybridized carbons (Fsp3) is 0.364. The normalized spacial score (nSPS) is 18.2. The highest BCUT2D eigenvalue weighted by Crippen LogP contribution is 2.38. The van der Waals surface area contributed by atoms with Gasteiger partial charge in [0, 0.05) is 18.5 Å². The molecule has 0 unspecified atom stereocenters. The van der Waals surface area contributed by atoms with E-state index in [-0.39, 0.29) is 21.5 Å². The number of carbonyl (C=O) groups is 1. The molecule has 1 amide bonds. The van der Waals surface area contributed by atoms with Crippen LogP contribution in [0.2, 0.25) is 5.02 Å². The second-order valence-corrected chi connectivity index (χ2v) is 9.66. The van der Waals surface area contributed by atoms with Crippen molar-refractivity contribution in [2.45, 2.75) is 43.5 Å². The van der Waals surface area contributed by atoms with Crippen molar-refractivity contribution in [3.05, 3.63) is 52.5 Å². The standard InChI is InChI=1S/C22H24ClN3O4S/c1-14(15-8-5-6-9-19(15)30-2)24-22(27)16-12-20-18(13-17(16)23)26-11-7-3-4-10-21(26)25-31(20,28)29/h5-6,8-9,12-14H,3-4,7,10-11H2,1-2H3,(H,24,27)/t14-/m1/s1. The number of sulfonamides is 1. The predicted octanol–water partition coefficient (Wildman–Crippen LogP) is 4.32. The first-order chi connectivity index (χ1) is 14.8. The van der Waals surface area contributed by atoms with Gasteiger partial charge in [0.05, 0.1) is 29.4 Å². The van der Waals surface area contributed by atoms with Crippen LogP contribution in [0.1, 0.15) is 54.6 Å². The van der Waals surface area contributed by atoms with Gasteiger partial charge in [-0.05, 0) is 38.0 Å². The number of halogens is 1. The van der Waals surface area contributed by atoms with Crippen molar-refractivity contribution in [2.75, 3.05) is 18.6 Å². The number of rotatable bonds is 4.